The van der Waals surface area contributed by atoms with Crippen molar-refractivity contribution < 1.29 is 37.2 Å². The largest absolute Gasteiger partial charge is 0.369 e. The topological polar surface area (TPSA) is 301 Å². The van der Waals surface area contributed by atoms with E-state index in [0.29, 0.717) is 24.3 Å². The standard InChI is InChI=1S/C50H69N11O8S2/c1-31(2)27-41(47(65)56-38(44(51)62)23-26-70-4)58-46(64)40(18-12-25-54-50(52)61-71(68,69)35-21-19-32(3)20-22-35)57-48(66)42(28-33-13-6-5-7-14-33)59-49(67)43(60-45(63)39-17-10-11-24-53-39)29-34-30-55-37-16-9-8-15-36(34)37/h5-9,13-16,19-22,30-31,38-43,53,55H,10-12,17-18,23-29H2,1-4H3,(H2,51,62)(H,56,65)(H,57,66)(H,58,64)(H,59,67)(H,60,63)(H3,52,54,61)/t38-,39-,40+,41-,42-,43+/m0/s1. The Balaban J connectivity index is 1.42. The Morgan fingerprint density at radius 2 is 1.37 bits per heavy atom. The normalized spacial score (nSPS) is 16.2. The zero-order valence-electron chi connectivity index (χ0n) is 40.8. The number of aryl methyl sites for hydroxylation is 1. The molecule has 0 unspecified atom stereocenters. The first kappa shape index (κ1) is 55.5. The van der Waals surface area contributed by atoms with Crippen molar-refractivity contribution in [3.05, 3.63) is 102 Å². The number of carbonyl (C=O) groups excluding carboxylic acids is 6. The number of aromatic nitrogens is 1. The predicted molar refractivity (Wildman–Crippen MR) is 276 cm³/mol. The highest BCUT2D eigenvalue weighted by atomic mass is 32.2. The van der Waals surface area contributed by atoms with Gasteiger partial charge in [-0.3, -0.25) is 33.8 Å². The number of piperidine rings is 1. The number of nitrogens with one attached hydrogen (secondary N) is 8. The molecule has 71 heavy (non-hydrogen) atoms. The highest BCUT2D eigenvalue weighted by molar-refractivity contribution is 7.98. The van der Waals surface area contributed by atoms with Crippen LogP contribution in [0.15, 0.2) is 94.9 Å². The third-order valence-electron chi connectivity index (χ3n) is 12.0. The van der Waals surface area contributed by atoms with Gasteiger partial charge in [0.15, 0.2) is 0 Å². The molecule has 3 aromatic carbocycles. The fourth-order valence-electron chi connectivity index (χ4n) is 8.16. The molecule has 5 rings (SSSR count). The van der Waals surface area contributed by atoms with E-state index < -0.39 is 81.8 Å². The molecule has 0 bridgehead atoms. The number of hydrogen-bond donors (Lipinski definition) is 10. The van der Waals surface area contributed by atoms with Crippen molar-refractivity contribution in [3.63, 3.8) is 0 Å². The molecule has 6 atom stereocenters. The fraction of sp³-hybridized carbons (Fsp3) is 0.460. The zero-order valence-corrected chi connectivity index (χ0v) is 42.4. The summed E-state index contributed by atoms with van der Waals surface area (Å²) in [6.45, 7) is 6.12. The third-order valence-corrected chi connectivity index (χ3v) is 14.0. The van der Waals surface area contributed by atoms with Crippen LogP contribution in [0.5, 0.6) is 0 Å². The number of sulfonamides is 1. The van der Waals surface area contributed by atoms with Gasteiger partial charge in [0.2, 0.25) is 41.4 Å². The average Bonchev–Trinajstić information content (AvgIpc) is 3.75. The molecule has 384 valence electrons. The zero-order chi connectivity index (χ0) is 51.5. The minimum atomic E-state index is -4.06. The van der Waals surface area contributed by atoms with Gasteiger partial charge < -0.3 is 48.4 Å². The molecule has 1 saturated heterocycles. The molecule has 1 aromatic heterocycles. The van der Waals surface area contributed by atoms with Crippen LogP contribution in [0.2, 0.25) is 0 Å². The smallest absolute Gasteiger partial charge is 0.264 e. The molecule has 1 aliphatic rings. The van der Waals surface area contributed by atoms with Gasteiger partial charge in [0.05, 0.1) is 10.9 Å². The Bertz CT molecular complexity index is 2570. The van der Waals surface area contributed by atoms with E-state index in [1.165, 1.54) is 23.9 Å². The van der Waals surface area contributed by atoms with E-state index in [2.05, 4.69) is 46.6 Å². The van der Waals surface area contributed by atoms with Gasteiger partial charge in [0.25, 0.3) is 10.0 Å². The number of benzene rings is 3. The molecule has 0 aliphatic carbocycles. The maximum absolute atomic E-state index is 14.7. The Morgan fingerprint density at radius 1 is 0.746 bits per heavy atom. The Kier molecular flexibility index (Phi) is 21.3. The summed E-state index contributed by atoms with van der Waals surface area (Å²) in [5.74, 6) is -3.78. The number of thioether (sulfide) groups is 1. The summed E-state index contributed by atoms with van der Waals surface area (Å²) in [5.41, 5.74) is 14.8. The number of primary amides is 1. The molecular weight excluding hydrogens is 947 g/mol. The summed E-state index contributed by atoms with van der Waals surface area (Å²) in [4.78, 5) is 90.9. The first-order valence-corrected chi connectivity index (χ1v) is 26.8. The van der Waals surface area contributed by atoms with Crippen molar-refractivity contribution >= 4 is 74.1 Å². The van der Waals surface area contributed by atoms with E-state index in [1.807, 2.05) is 57.4 Å². The van der Waals surface area contributed by atoms with Gasteiger partial charge in [0, 0.05) is 36.5 Å². The number of rotatable bonds is 26. The SMILES string of the molecule is CSCC[C@H](NC(=O)[C@H](CC(C)C)NC(=O)[C@@H](CCCN=C(N)NS(=O)(=O)c1ccc(C)cc1)NC(=O)[C@H](Cc1ccccc1)NC(=O)[C@@H](Cc1c[nH]c2ccccc12)NC(=O)[C@@H]1CCCCN1)C(N)=O. The first-order valence-electron chi connectivity index (χ1n) is 24.0. The lowest BCUT2D eigenvalue weighted by atomic mass is 9.99. The monoisotopic (exact) mass is 1020 g/mol. The maximum Gasteiger partial charge on any atom is 0.264 e. The van der Waals surface area contributed by atoms with E-state index in [-0.39, 0.29) is 61.8 Å². The molecule has 0 radical (unpaired) electrons. The second-order valence-corrected chi connectivity index (χ2v) is 20.9. The summed E-state index contributed by atoms with van der Waals surface area (Å²) in [7, 11) is -4.06. The number of amides is 6. The van der Waals surface area contributed by atoms with E-state index >= 15 is 0 Å². The van der Waals surface area contributed by atoms with Gasteiger partial charge in [-0.1, -0.05) is 86.5 Å². The molecule has 2 heterocycles. The van der Waals surface area contributed by atoms with Crippen molar-refractivity contribution in [1.82, 2.24) is 41.6 Å². The summed E-state index contributed by atoms with van der Waals surface area (Å²) in [6.07, 6.45) is 6.55. The lowest BCUT2D eigenvalue weighted by molar-refractivity contribution is -0.135. The predicted octanol–water partition coefficient (Wildman–Crippen LogP) is 2.19. The third kappa shape index (κ3) is 17.4. The van der Waals surface area contributed by atoms with Gasteiger partial charge in [-0.2, -0.15) is 11.8 Å². The molecule has 19 nitrogen and oxygen atoms in total. The quantitative estimate of drug-likeness (QED) is 0.0247. The second kappa shape index (κ2) is 27.2. The summed E-state index contributed by atoms with van der Waals surface area (Å²) in [6, 6.07) is 16.4. The van der Waals surface area contributed by atoms with Gasteiger partial charge in [-0.25, -0.2) is 13.1 Å². The van der Waals surface area contributed by atoms with Crippen molar-refractivity contribution in [2.75, 3.05) is 25.1 Å². The van der Waals surface area contributed by atoms with Crippen LogP contribution in [0, 0.1) is 12.8 Å². The minimum Gasteiger partial charge on any atom is -0.369 e. The van der Waals surface area contributed by atoms with Gasteiger partial charge in [-0.05, 0) is 99.2 Å². The second-order valence-electron chi connectivity index (χ2n) is 18.2. The van der Waals surface area contributed by atoms with Crippen LogP contribution in [0.3, 0.4) is 0 Å². The Labute approximate surface area is 420 Å². The van der Waals surface area contributed by atoms with Crippen LogP contribution in [0.4, 0.5) is 0 Å². The highest BCUT2D eigenvalue weighted by Crippen LogP contribution is 2.20. The van der Waals surface area contributed by atoms with Crippen molar-refractivity contribution in [3.8, 4) is 0 Å². The summed E-state index contributed by atoms with van der Waals surface area (Å²) >= 11 is 1.47. The lowest BCUT2D eigenvalue weighted by Gasteiger charge is -2.28. The molecule has 4 aromatic rings. The van der Waals surface area contributed by atoms with Gasteiger partial charge in [-0.15, -0.1) is 0 Å². The van der Waals surface area contributed by atoms with Crippen molar-refractivity contribution in [2.45, 2.75) is 120 Å². The average molecular weight is 1020 g/mol. The lowest BCUT2D eigenvalue weighted by Crippen LogP contribution is -2.60. The van der Waals surface area contributed by atoms with Crippen molar-refractivity contribution in [2.24, 2.45) is 22.4 Å². The maximum atomic E-state index is 14.7. The molecule has 0 spiro atoms. The van der Waals surface area contributed by atoms with Crippen LogP contribution in [-0.4, -0.2) is 116 Å². The molecule has 6 amide bonds. The number of H-pyrrole nitrogens is 1. The van der Waals surface area contributed by atoms with E-state index in [9.17, 15) is 37.2 Å². The number of carbonyl (C=O) groups is 6. The molecule has 1 aliphatic heterocycles. The molecule has 0 saturated carbocycles. The van der Waals surface area contributed by atoms with Crippen LogP contribution in [0.25, 0.3) is 10.9 Å². The number of nitrogens with zero attached hydrogens (tertiary/aromatic N) is 1. The van der Waals surface area contributed by atoms with Crippen LogP contribution < -0.4 is 48.1 Å². The molecule has 21 heteroatoms. The number of hydrogen-bond acceptors (Lipinski definition) is 11. The van der Waals surface area contributed by atoms with Crippen molar-refractivity contribution in [1.29, 1.82) is 0 Å². The minimum absolute atomic E-state index is 0.00440. The van der Waals surface area contributed by atoms with E-state index in [4.69, 9.17) is 11.5 Å². The van der Waals surface area contributed by atoms with Crippen LogP contribution in [-0.2, 0) is 51.6 Å². The summed E-state index contributed by atoms with van der Waals surface area (Å²) < 4.78 is 28.2. The molecule has 12 N–H and O–H groups in total. The Morgan fingerprint density at radius 3 is 2.03 bits per heavy atom. The van der Waals surface area contributed by atoms with Gasteiger partial charge >= 0.3 is 0 Å². The molecule has 1 fully saturated rings. The van der Waals surface area contributed by atoms with Crippen LogP contribution in [0.1, 0.15) is 75.5 Å². The molecular formula is C50H69N11O8S2. The summed E-state index contributed by atoms with van der Waals surface area (Å²) in [5, 5.41) is 18.2. The number of aliphatic imine (C=N–C) groups is 1. The van der Waals surface area contributed by atoms with Gasteiger partial charge in [0.1, 0.15) is 30.2 Å². The van der Waals surface area contributed by atoms with E-state index in [1.54, 1.807) is 42.6 Å². The number of aromatic amines is 1. The number of para-hydroxylation sites is 1. The Hall–Kier alpha value is -6.45. The highest BCUT2D eigenvalue weighted by Gasteiger charge is 2.34. The number of fused-ring (bicyclic) bond motifs is 1. The number of guanidine groups is 1. The fourth-order valence-corrected chi connectivity index (χ4v) is 9.58. The van der Waals surface area contributed by atoms with Crippen LogP contribution >= 0.6 is 11.8 Å². The first-order chi connectivity index (χ1) is 33.9. The van der Waals surface area contributed by atoms with E-state index in [0.717, 1.165) is 34.9 Å². The number of nitrogens with two attached hydrogens (primary N) is 2.